The standard InChI is InChI=1S/C62H81FN10O7/c1-38-32-71(48(30-65-38)34-70-24-25-80-36-39(70)2)35-55(75)73-37-62(7,50-23-18-42(27-52(50)73)26-41-16-20-46(63)21-17-41)60(79)66-31-54(74)67-47-22-19-44-29-53(58(77)68-51-15-11-13-43-12-9-10-14-49(43)51)72(33-45(44)28-47)59(78)56(61(4,5)6)69-57(76)40(3)64-8/h9-10,12,14,16-23,27-28,38-40,48,51,53,56,64-65H,11,13,15,24-26,29-37H2,1-8H3,(H,66,79)(H,67,74)(H,68,77)(H,69,76)/t38-,39-,40?,48-,51-,53+,56?,62?/m1/s1. The smallest absolute Gasteiger partial charge is 0.246 e. The maximum absolute atomic E-state index is 14.9. The summed E-state index contributed by atoms with van der Waals surface area (Å²) in [5.41, 5.74) is 5.41. The molecule has 6 amide bonds. The monoisotopic (exact) mass is 1100 g/mol. The molecule has 17 nitrogen and oxygen atoms in total. The second-order valence-electron chi connectivity index (χ2n) is 24.1. The Bertz CT molecular complexity index is 2950. The van der Waals surface area contributed by atoms with E-state index in [2.05, 4.69) is 61.6 Å². The Balaban J connectivity index is 0.915. The highest BCUT2D eigenvalue weighted by molar-refractivity contribution is 6.04. The number of piperazine rings is 1. The summed E-state index contributed by atoms with van der Waals surface area (Å²) in [7, 11) is 1.67. The van der Waals surface area contributed by atoms with Crippen LogP contribution in [0.2, 0.25) is 0 Å². The van der Waals surface area contributed by atoms with Crippen molar-refractivity contribution in [2.75, 3.05) is 76.3 Å². The van der Waals surface area contributed by atoms with Crippen molar-refractivity contribution in [3.8, 4) is 0 Å². The second kappa shape index (κ2) is 24.7. The minimum Gasteiger partial charge on any atom is -0.379 e. The first kappa shape index (κ1) is 58.1. The summed E-state index contributed by atoms with van der Waals surface area (Å²) in [6, 6.07) is 23.5. The van der Waals surface area contributed by atoms with E-state index in [1.807, 2.05) is 63.2 Å². The van der Waals surface area contributed by atoms with Crippen LogP contribution in [0.5, 0.6) is 0 Å². The van der Waals surface area contributed by atoms with Crippen molar-refractivity contribution < 1.29 is 37.9 Å². The van der Waals surface area contributed by atoms with Crippen LogP contribution in [0.15, 0.2) is 84.9 Å². The Morgan fingerprint density at radius 2 is 1.68 bits per heavy atom. The van der Waals surface area contributed by atoms with Crippen molar-refractivity contribution in [1.82, 2.24) is 41.3 Å². The van der Waals surface area contributed by atoms with Crippen molar-refractivity contribution in [3.63, 3.8) is 0 Å². The lowest BCUT2D eigenvalue weighted by Gasteiger charge is -2.43. The minimum absolute atomic E-state index is 0.0397. The fourth-order valence-corrected chi connectivity index (χ4v) is 12.2. The number of carbonyl (C=O) groups excluding carboxylic acids is 6. The van der Waals surface area contributed by atoms with Gasteiger partial charge in [0.2, 0.25) is 35.4 Å². The van der Waals surface area contributed by atoms with Gasteiger partial charge >= 0.3 is 0 Å². The molecule has 4 aromatic rings. The largest absolute Gasteiger partial charge is 0.379 e. The molecule has 0 saturated carbocycles. The topological polar surface area (TPSA) is 197 Å². The lowest BCUT2D eigenvalue weighted by molar-refractivity contribution is -0.147. The summed E-state index contributed by atoms with van der Waals surface area (Å²) in [5.74, 6) is -2.39. The van der Waals surface area contributed by atoms with Gasteiger partial charge in [-0.15, -0.1) is 0 Å². The third-order valence-electron chi connectivity index (χ3n) is 17.1. The number of nitrogens with one attached hydrogen (secondary N) is 6. The Labute approximate surface area is 470 Å². The number of hydrogen-bond donors (Lipinski definition) is 6. The van der Waals surface area contributed by atoms with Crippen LogP contribution < -0.4 is 36.8 Å². The Morgan fingerprint density at radius 3 is 2.42 bits per heavy atom. The molecule has 4 heterocycles. The van der Waals surface area contributed by atoms with Gasteiger partial charge in [0.25, 0.3) is 0 Å². The molecular weight excluding hydrogens is 1020 g/mol. The summed E-state index contributed by atoms with van der Waals surface area (Å²) in [5, 5.41) is 18.6. The highest BCUT2D eigenvalue weighted by Gasteiger charge is 2.48. The summed E-state index contributed by atoms with van der Waals surface area (Å²) < 4.78 is 19.6. The van der Waals surface area contributed by atoms with Gasteiger partial charge in [-0.25, -0.2) is 4.39 Å². The Hall–Kier alpha value is -6.57. The molecule has 3 unspecified atom stereocenters. The molecule has 4 aliphatic heterocycles. The summed E-state index contributed by atoms with van der Waals surface area (Å²) in [6.45, 7) is 17.7. The van der Waals surface area contributed by atoms with Crippen LogP contribution in [-0.4, -0.2) is 152 Å². The van der Waals surface area contributed by atoms with Crippen LogP contribution in [0, 0.1) is 11.2 Å². The normalized spacial score (nSPS) is 23.9. The van der Waals surface area contributed by atoms with Gasteiger partial charge in [-0.3, -0.25) is 38.6 Å². The molecule has 6 N–H and O–H groups in total. The molecule has 2 fully saturated rings. The van der Waals surface area contributed by atoms with E-state index in [0.717, 1.165) is 66.7 Å². The molecule has 80 heavy (non-hydrogen) atoms. The van der Waals surface area contributed by atoms with Crippen LogP contribution in [0.4, 0.5) is 15.8 Å². The summed E-state index contributed by atoms with van der Waals surface area (Å²) >= 11 is 0. The van der Waals surface area contributed by atoms with Crippen LogP contribution in [0.1, 0.15) is 106 Å². The third kappa shape index (κ3) is 13.1. The fourth-order valence-electron chi connectivity index (χ4n) is 12.2. The van der Waals surface area contributed by atoms with Crippen molar-refractivity contribution in [2.24, 2.45) is 5.41 Å². The number of fused-ring (bicyclic) bond motifs is 3. The molecule has 4 aromatic carbocycles. The SMILES string of the molecule is CNC(C)C(=O)NC(C(=O)N1Cc2cc(NC(=O)CNC(=O)C3(C)CN(C(=O)CN4C[C@@H](C)NC[C@@H]4CN4CCOC[C@H]4C)c4cc(Cc5ccc(F)cc5)ccc43)ccc2C[C@H]1C(=O)N[C@@H]1CCCc2ccccc21)C(C)(C)C. The highest BCUT2D eigenvalue weighted by atomic mass is 19.1. The number of amides is 6. The van der Waals surface area contributed by atoms with Crippen LogP contribution >= 0.6 is 0 Å². The number of benzene rings is 4. The number of ether oxygens (including phenoxy) is 1. The molecule has 0 radical (unpaired) electrons. The molecule has 18 heteroatoms. The average molecular weight is 1100 g/mol. The highest BCUT2D eigenvalue weighted by Crippen LogP contribution is 2.42. The number of halogens is 1. The number of anilines is 2. The van der Waals surface area contributed by atoms with Crippen molar-refractivity contribution in [1.29, 1.82) is 0 Å². The predicted molar refractivity (Wildman–Crippen MR) is 306 cm³/mol. The first-order valence-electron chi connectivity index (χ1n) is 28.5. The zero-order chi connectivity index (χ0) is 57.0. The number of morpholine rings is 1. The number of nitrogens with zero attached hydrogens (tertiary/aromatic N) is 4. The molecular formula is C62H81FN10O7. The van der Waals surface area contributed by atoms with E-state index >= 15 is 0 Å². The molecule has 2 saturated heterocycles. The second-order valence-corrected chi connectivity index (χ2v) is 24.1. The van der Waals surface area contributed by atoms with E-state index in [9.17, 15) is 33.2 Å². The third-order valence-corrected chi connectivity index (χ3v) is 17.1. The van der Waals surface area contributed by atoms with Crippen LogP contribution in [0.25, 0.3) is 0 Å². The van der Waals surface area contributed by atoms with Gasteiger partial charge < -0.3 is 46.4 Å². The van der Waals surface area contributed by atoms with Gasteiger partial charge in [0.15, 0.2) is 0 Å². The first-order chi connectivity index (χ1) is 38.2. The van der Waals surface area contributed by atoms with Gasteiger partial charge in [0.1, 0.15) is 17.9 Å². The van der Waals surface area contributed by atoms with Crippen LogP contribution in [-0.2, 0) is 64.7 Å². The molecule has 5 aliphatic rings. The molecule has 0 spiro atoms. The number of aryl methyl sites for hydroxylation is 1. The lowest BCUT2D eigenvalue weighted by atomic mass is 9.83. The zero-order valence-electron chi connectivity index (χ0n) is 47.8. The lowest BCUT2D eigenvalue weighted by Crippen LogP contribution is -2.62. The van der Waals surface area contributed by atoms with Gasteiger partial charge in [-0.2, -0.15) is 0 Å². The maximum Gasteiger partial charge on any atom is 0.246 e. The number of hydrogen-bond acceptors (Lipinski definition) is 11. The molecule has 0 bridgehead atoms. The van der Waals surface area contributed by atoms with Crippen molar-refractivity contribution in [3.05, 3.63) is 130 Å². The summed E-state index contributed by atoms with van der Waals surface area (Å²) in [4.78, 5) is 94.1. The van der Waals surface area contributed by atoms with Gasteiger partial charge in [0.05, 0.1) is 43.8 Å². The molecule has 1 aliphatic carbocycles. The first-order valence-corrected chi connectivity index (χ1v) is 28.5. The molecule has 8 atom stereocenters. The van der Waals surface area contributed by atoms with E-state index in [0.29, 0.717) is 43.1 Å². The number of rotatable bonds is 16. The van der Waals surface area contributed by atoms with E-state index in [1.54, 1.807) is 55.0 Å². The molecule has 9 rings (SSSR count). The van der Waals surface area contributed by atoms with E-state index < -0.39 is 46.7 Å². The quantitative estimate of drug-likeness (QED) is 0.0907. The fraction of sp³-hybridized carbons (Fsp3) is 0.516. The van der Waals surface area contributed by atoms with E-state index in [4.69, 9.17) is 4.74 Å². The van der Waals surface area contributed by atoms with Crippen molar-refractivity contribution >= 4 is 46.8 Å². The van der Waals surface area contributed by atoms with Crippen molar-refractivity contribution in [2.45, 2.75) is 135 Å². The van der Waals surface area contributed by atoms with Crippen LogP contribution in [0.3, 0.4) is 0 Å². The van der Waals surface area contributed by atoms with E-state index in [-0.39, 0.29) is 80.3 Å². The van der Waals surface area contributed by atoms with Gasteiger partial charge in [-0.05, 0) is 135 Å². The Kier molecular flexibility index (Phi) is 17.9. The van der Waals surface area contributed by atoms with E-state index in [1.165, 1.54) is 17.7 Å². The molecule has 428 valence electrons. The van der Waals surface area contributed by atoms with Gasteiger partial charge in [0, 0.05) is 75.2 Å². The average Bonchev–Trinajstić information content (AvgIpc) is 3.76. The zero-order valence-corrected chi connectivity index (χ0v) is 47.8. The number of likely N-dealkylation sites (N-methyl/N-ethyl adjacent to an activating group) is 1. The van der Waals surface area contributed by atoms with Gasteiger partial charge in [-0.1, -0.05) is 75.4 Å². The molecule has 0 aromatic heterocycles. The predicted octanol–water partition coefficient (Wildman–Crippen LogP) is 4.74. The minimum atomic E-state index is -1.22. The Morgan fingerprint density at radius 1 is 0.912 bits per heavy atom. The maximum atomic E-state index is 14.9. The number of carbonyl (C=O) groups is 6. The summed E-state index contributed by atoms with van der Waals surface area (Å²) in [6.07, 6.45) is 3.31.